The maximum absolute atomic E-state index is 11.2. The summed E-state index contributed by atoms with van der Waals surface area (Å²) in [5.41, 5.74) is 2.57. The molecule has 0 amide bonds. The summed E-state index contributed by atoms with van der Waals surface area (Å²) < 4.78 is 0. The number of hydrogen-bond acceptors (Lipinski definition) is 5. The molecule has 4 N–H and O–H groups in total. The highest BCUT2D eigenvalue weighted by molar-refractivity contribution is 7.99. The summed E-state index contributed by atoms with van der Waals surface area (Å²) >= 11 is 1.91. The van der Waals surface area contributed by atoms with Gasteiger partial charge >= 0.3 is 0 Å². The van der Waals surface area contributed by atoms with Gasteiger partial charge in [-0.2, -0.15) is 11.8 Å². The molecule has 5 heteroatoms. The normalized spacial score (nSPS) is 38.7. The zero-order valence-electron chi connectivity index (χ0n) is 21.1. The number of hydrogen-bond donors (Lipinski definition) is 4. The van der Waals surface area contributed by atoms with Crippen LogP contribution in [0.5, 0.6) is 0 Å². The van der Waals surface area contributed by atoms with Crippen LogP contribution in [0.2, 0.25) is 0 Å². The molecule has 0 unspecified atom stereocenters. The lowest BCUT2D eigenvalue weighted by atomic mass is 9.63. The maximum Gasteiger partial charge on any atom is 0.0811 e. The van der Waals surface area contributed by atoms with Gasteiger partial charge in [-0.1, -0.05) is 52.0 Å². The highest BCUT2D eigenvalue weighted by Crippen LogP contribution is 2.59. The summed E-state index contributed by atoms with van der Waals surface area (Å²) in [5.74, 6) is 1.53. The lowest BCUT2D eigenvalue weighted by Crippen LogP contribution is -2.40. The summed E-state index contributed by atoms with van der Waals surface area (Å²) in [6, 6.07) is 0. The van der Waals surface area contributed by atoms with E-state index >= 15 is 0 Å². The Hall–Kier alpha value is -0.590. The Morgan fingerprint density at radius 2 is 1.88 bits per heavy atom. The van der Waals surface area contributed by atoms with Crippen molar-refractivity contribution < 1.29 is 20.4 Å². The first-order chi connectivity index (χ1) is 15.5. The number of allylic oxidation sites excluding steroid dienone is 3. The molecule has 4 nitrogen and oxygen atoms in total. The Bertz CT molecular complexity index is 755. The molecule has 0 heterocycles. The molecule has 0 radical (unpaired) electrons. The van der Waals surface area contributed by atoms with E-state index in [-0.39, 0.29) is 17.4 Å². The van der Waals surface area contributed by atoms with Gasteiger partial charge in [-0.05, 0) is 79.6 Å². The fourth-order valence-electron chi connectivity index (χ4n) is 6.75. The summed E-state index contributed by atoms with van der Waals surface area (Å²) in [7, 11) is 0. The largest absolute Gasteiger partial charge is 0.393 e. The molecule has 3 rings (SSSR count). The molecule has 3 aliphatic carbocycles. The SMILES string of the molecule is C=C1C(=CC=C2CCC[C@]3(C)[C@@H]([C@H](C)SCCC(O)(CC)CC)[C@@H](O)C[C@@H]23)C[C@@H](O)C[C@@H]1O. The van der Waals surface area contributed by atoms with Crippen LogP contribution in [0.1, 0.15) is 85.5 Å². The van der Waals surface area contributed by atoms with E-state index in [0.717, 1.165) is 61.8 Å². The van der Waals surface area contributed by atoms with Crippen molar-refractivity contribution >= 4 is 11.8 Å². The molecule has 0 spiro atoms. The van der Waals surface area contributed by atoms with E-state index in [4.69, 9.17) is 0 Å². The maximum atomic E-state index is 11.2. The van der Waals surface area contributed by atoms with Crippen LogP contribution in [0.15, 0.2) is 35.5 Å². The molecule has 0 bridgehead atoms. The second kappa shape index (κ2) is 11.0. The molecule has 3 aliphatic rings. The van der Waals surface area contributed by atoms with Crippen molar-refractivity contribution in [2.75, 3.05) is 5.75 Å². The molecule has 0 aromatic heterocycles. The van der Waals surface area contributed by atoms with Gasteiger partial charge in [-0.3, -0.25) is 0 Å². The van der Waals surface area contributed by atoms with E-state index in [2.05, 4.69) is 46.4 Å². The van der Waals surface area contributed by atoms with E-state index in [1.165, 1.54) is 5.57 Å². The highest BCUT2D eigenvalue weighted by Gasteiger charge is 2.55. The highest BCUT2D eigenvalue weighted by atomic mass is 32.2. The number of aliphatic hydroxyl groups is 4. The Morgan fingerprint density at radius 3 is 2.55 bits per heavy atom. The topological polar surface area (TPSA) is 80.9 Å². The second-order valence-corrected chi connectivity index (χ2v) is 12.6. The van der Waals surface area contributed by atoms with E-state index in [1.807, 2.05) is 11.8 Å². The quantitative estimate of drug-likeness (QED) is 0.387. The molecule has 0 aromatic rings. The fourth-order valence-corrected chi connectivity index (χ4v) is 8.32. The van der Waals surface area contributed by atoms with Gasteiger partial charge in [-0.25, -0.2) is 0 Å². The van der Waals surface area contributed by atoms with Crippen LogP contribution in [-0.2, 0) is 0 Å². The molecule has 0 aliphatic heterocycles. The summed E-state index contributed by atoms with van der Waals surface area (Å²) in [6.07, 6.45) is 10.2. The first-order valence-electron chi connectivity index (χ1n) is 13.0. The minimum absolute atomic E-state index is 0.0723. The molecular formula is C28H46O4S. The van der Waals surface area contributed by atoms with Crippen molar-refractivity contribution in [3.05, 3.63) is 35.5 Å². The molecule has 7 atom stereocenters. The Morgan fingerprint density at radius 1 is 1.18 bits per heavy atom. The molecule has 33 heavy (non-hydrogen) atoms. The Kier molecular flexibility index (Phi) is 8.99. The van der Waals surface area contributed by atoms with Crippen LogP contribution in [-0.4, -0.2) is 55.3 Å². The van der Waals surface area contributed by atoms with Crippen molar-refractivity contribution in [3.63, 3.8) is 0 Å². The van der Waals surface area contributed by atoms with Gasteiger partial charge in [0.1, 0.15) is 0 Å². The van der Waals surface area contributed by atoms with E-state index < -0.39 is 17.8 Å². The number of aliphatic hydroxyl groups excluding tert-OH is 3. The van der Waals surface area contributed by atoms with Gasteiger partial charge in [0.25, 0.3) is 0 Å². The third-order valence-electron chi connectivity index (χ3n) is 9.11. The van der Waals surface area contributed by atoms with Gasteiger partial charge in [0.2, 0.25) is 0 Å². The van der Waals surface area contributed by atoms with Crippen LogP contribution < -0.4 is 0 Å². The van der Waals surface area contributed by atoms with E-state index in [0.29, 0.717) is 24.0 Å². The Balaban J connectivity index is 1.73. The van der Waals surface area contributed by atoms with Crippen LogP contribution in [0.25, 0.3) is 0 Å². The summed E-state index contributed by atoms with van der Waals surface area (Å²) in [4.78, 5) is 0. The first kappa shape index (κ1) is 27.0. The molecule has 0 aromatic carbocycles. The van der Waals surface area contributed by atoms with Crippen molar-refractivity contribution in [1.82, 2.24) is 0 Å². The average Bonchev–Trinajstić information content (AvgIpc) is 3.05. The molecule has 188 valence electrons. The van der Waals surface area contributed by atoms with Crippen molar-refractivity contribution in [1.29, 1.82) is 0 Å². The predicted molar refractivity (Wildman–Crippen MR) is 138 cm³/mol. The van der Waals surface area contributed by atoms with Gasteiger partial charge < -0.3 is 20.4 Å². The summed E-state index contributed by atoms with van der Waals surface area (Å²) in [5, 5.41) is 42.4. The van der Waals surface area contributed by atoms with Crippen molar-refractivity contribution in [3.8, 4) is 0 Å². The number of rotatable bonds is 8. The second-order valence-electron chi connectivity index (χ2n) is 11.1. The van der Waals surface area contributed by atoms with Gasteiger partial charge in [-0.15, -0.1) is 0 Å². The smallest absolute Gasteiger partial charge is 0.0811 e. The third-order valence-corrected chi connectivity index (χ3v) is 10.4. The first-order valence-corrected chi connectivity index (χ1v) is 14.1. The van der Waals surface area contributed by atoms with Gasteiger partial charge in [0, 0.05) is 17.6 Å². The molecule has 3 fully saturated rings. The van der Waals surface area contributed by atoms with Gasteiger partial charge in [0.05, 0.1) is 23.9 Å². The fraction of sp³-hybridized carbons (Fsp3) is 0.786. The van der Waals surface area contributed by atoms with Crippen LogP contribution in [0.4, 0.5) is 0 Å². The number of fused-ring (bicyclic) bond motifs is 1. The standard InChI is InChI=1S/C28H46O4S/c1-6-28(32,7-2)13-14-33-19(4)26-25(31)17-23-20(9-8-12-27(23,26)5)10-11-21-15-22(29)16-24(30)18(21)3/h10-11,19,22-26,29-32H,3,6-9,12-17H2,1-2,4-5H3/t19-,22+,23-,24-,25-,26-,27-/m0/s1. The Labute approximate surface area is 205 Å². The van der Waals surface area contributed by atoms with Crippen LogP contribution in [0, 0.1) is 17.3 Å². The lowest BCUT2D eigenvalue weighted by molar-refractivity contribution is 0.0295. The van der Waals surface area contributed by atoms with Crippen LogP contribution >= 0.6 is 11.8 Å². The van der Waals surface area contributed by atoms with E-state index in [9.17, 15) is 20.4 Å². The monoisotopic (exact) mass is 478 g/mol. The third kappa shape index (κ3) is 5.81. The summed E-state index contributed by atoms with van der Waals surface area (Å²) in [6.45, 7) is 12.8. The molecular weight excluding hydrogens is 432 g/mol. The predicted octanol–water partition coefficient (Wildman–Crippen LogP) is 5.16. The molecule has 3 saturated carbocycles. The van der Waals surface area contributed by atoms with Crippen molar-refractivity contribution in [2.45, 2.75) is 115 Å². The van der Waals surface area contributed by atoms with Crippen LogP contribution in [0.3, 0.4) is 0 Å². The van der Waals surface area contributed by atoms with E-state index in [1.54, 1.807) is 0 Å². The minimum Gasteiger partial charge on any atom is -0.393 e. The number of thioether (sulfide) groups is 1. The lowest BCUT2D eigenvalue weighted by Gasteiger charge is -2.44. The van der Waals surface area contributed by atoms with Crippen molar-refractivity contribution in [2.24, 2.45) is 17.3 Å². The van der Waals surface area contributed by atoms with Gasteiger partial charge in [0.15, 0.2) is 0 Å². The molecule has 0 saturated heterocycles. The average molecular weight is 479 g/mol. The minimum atomic E-state index is -0.663. The zero-order chi connectivity index (χ0) is 24.4. The zero-order valence-corrected chi connectivity index (χ0v) is 21.9.